The maximum atomic E-state index is 13.2. The summed E-state index contributed by atoms with van der Waals surface area (Å²) in [5.41, 5.74) is 1.96. The number of hydrogen-bond acceptors (Lipinski definition) is 4. The van der Waals surface area contributed by atoms with Crippen LogP contribution in [0.15, 0.2) is 35.7 Å². The Morgan fingerprint density at radius 3 is 2.57 bits per heavy atom. The topological polar surface area (TPSA) is 62.3 Å². The van der Waals surface area contributed by atoms with Gasteiger partial charge in [0.2, 0.25) is 11.8 Å². The highest BCUT2D eigenvalue weighted by molar-refractivity contribution is 7.09. The van der Waals surface area contributed by atoms with Crippen LogP contribution in [0.1, 0.15) is 54.8 Å². The minimum absolute atomic E-state index is 0.00331. The average molecular weight is 398 g/mol. The summed E-state index contributed by atoms with van der Waals surface area (Å²) >= 11 is 1.71. The molecule has 1 saturated carbocycles. The first-order valence-electron chi connectivity index (χ1n) is 10.1. The largest absolute Gasteiger partial charge is 0.356 e. The zero-order chi connectivity index (χ0) is 19.6. The van der Waals surface area contributed by atoms with Gasteiger partial charge in [0.25, 0.3) is 0 Å². The number of nitrogens with one attached hydrogen (secondary N) is 1. The second-order valence-electron chi connectivity index (χ2n) is 7.92. The monoisotopic (exact) mass is 397 g/mol. The van der Waals surface area contributed by atoms with Gasteiger partial charge in [-0.3, -0.25) is 9.59 Å². The van der Waals surface area contributed by atoms with E-state index in [9.17, 15) is 9.59 Å². The van der Waals surface area contributed by atoms with E-state index in [2.05, 4.69) is 27.7 Å². The van der Waals surface area contributed by atoms with E-state index in [0.29, 0.717) is 18.4 Å². The lowest BCUT2D eigenvalue weighted by molar-refractivity contribution is -0.135. The van der Waals surface area contributed by atoms with Crippen LogP contribution < -0.4 is 5.32 Å². The van der Waals surface area contributed by atoms with Gasteiger partial charge in [-0.1, -0.05) is 30.3 Å². The van der Waals surface area contributed by atoms with Crippen molar-refractivity contribution < 1.29 is 9.59 Å². The fourth-order valence-corrected chi connectivity index (χ4v) is 5.16. The summed E-state index contributed by atoms with van der Waals surface area (Å²) < 4.78 is 0. The number of amides is 2. The summed E-state index contributed by atoms with van der Waals surface area (Å²) in [6, 6.07) is 10.3. The van der Waals surface area contributed by atoms with Crippen LogP contribution >= 0.6 is 11.3 Å². The summed E-state index contributed by atoms with van der Waals surface area (Å²) in [4.78, 5) is 31.0. The molecular formula is C22H27N3O2S. The third kappa shape index (κ3) is 3.97. The number of piperidine rings is 1. The van der Waals surface area contributed by atoms with Crippen molar-refractivity contribution in [2.45, 2.75) is 50.4 Å². The minimum Gasteiger partial charge on any atom is -0.356 e. The molecular weight excluding hydrogens is 370 g/mol. The average Bonchev–Trinajstić information content (AvgIpc) is 3.40. The third-order valence-corrected chi connectivity index (χ3v) is 7.00. The molecule has 4 rings (SSSR count). The SMILES string of the molecule is CC(=O)NCCc1csc(C2CCN(C(=O)C3(c4ccccc4)CC3)CC2)n1. The van der Waals surface area contributed by atoms with Crippen LogP contribution in [-0.4, -0.2) is 41.3 Å². The van der Waals surface area contributed by atoms with Crippen LogP contribution in [0.25, 0.3) is 0 Å². The lowest BCUT2D eigenvalue weighted by Gasteiger charge is -2.34. The number of nitrogens with zero attached hydrogens (tertiary/aromatic N) is 2. The van der Waals surface area contributed by atoms with Crippen molar-refractivity contribution in [3.8, 4) is 0 Å². The molecule has 2 fully saturated rings. The van der Waals surface area contributed by atoms with Gasteiger partial charge in [-0.25, -0.2) is 4.98 Å². The van der Waals surface area contributed by atoms with Gasteiger partial charge in [0.1, 0.15) is 0 Å². The molecule has 1 N–H and O–H groups in total. The molecule has 0 unspecified atom stereocenters. The van der Waals surface area contributed by atoms with Gasteiger partial charge in [0.15, 0.2) is 0 Å². The van der Waals surface area contributed by atoms with E-state index >= 15 is 0 Å². The van der Waals surface area contributed by atoms with Crippen LogP contribution in [0.4, 0.5) is 0 Å². The highest BCUT2D eigenvalue weighted by Crippen LogP contribution is 2.50. The van der Waals surface area contributed by atoms with Crippen LogP contribution in [-0.2, 0) is 21.4 Å². The van der Waals surface area contributed by atoms with Crippen molar-refractivity contribution in [3.05, 3.63) is 52.0 Å². The Hall–Kier alpha value is -2.21. The first-order valence-corrected chi connectivity index (χ1v) is 11.0. The number of hydrogen-bond donors (Lipinski definition) is 1. The smallest absolute Gasteiger partial charge is 0.233 e. The van der Waals surface area contributed by atoms with Crippen LogP contribution in [0.3, 0.4) is 0 Å². The van der Waals surface area contributed by atoms with E-state index < -0.39 is 0 Å². The molecule has 1 aromatic carbocycles. The molecule has 2 heterocycles. The van der Waals surface area contributed by atoms with E-state index in [1.807, 2.05) is 18.2 Å². The molecule has 28 heavy (non-hydrogen) atoms. The predicted molar refractivity (Wildman–Crippen MR) is 110 cm³/mol. The maximum Gasteiger partial charge on any atom is 0.233 e. The molecule has 6 heteroatoms. The minimum atomic E-state index is -0.258. The second kappa shape index (κ2) is 8.03. The molecule has 0 bridgehead atoms. The van der Waals surface area contributed by atoms with Crippen molar-refractivity contribution in [3.63, 3.8) is 0 Å². The summed E-state index contributed by atoms with van der Waals surface area (Å²) in [7, 11) is 0. The van der Waals surface area contributed by atoms with Gasteiger partial charge in [-0.2, -0.15) is 0 Å². The standard InChI is InChI=1S/C22H27N3O2S/c1-16(26)23-12-7-19-15-28-20(24-19)17-8-13-25(14-9-17)21(27)22(10-11-22)18-5-3-2-4-6-18/h2-6,15,17H,7-14H2,1H3,(H,23,26). The summed E-state index contributed by atoms with van der Waals surface area (Å²) in [5, 5.41) is 6.09. The van der Waals surface area contributed by atoms with E-state index in [1.54, 1.807) is 11.3 Å². The van der Waals surface area contributed by atoms with Gasteiger partial charge < -0.3 is 10.2 Å². The molecule has 1 aromatic heterocycles. The van der Waals surface area contributed by atoms with Crippen molar-refractivity contribution >= 4 is 23.2 Å². The Morgan fingerprint density at radius 2 is 1.93 bits per heavy atom. The van der Waals surface area contributed by atoms with Crippen LogP contribution in [0, 0.1) is 0 Å². The molecule has 0 spiro atoms. The number of carbonyl (C=O) groups is 2. The van der Waals surface area contributed by atoms with E-state index in [1.165, 1.54) is 17.5 Å². The molecule has 1 aliphatic carbocycles. The number of benzene rings is 1. The van der Waals surface area contributed by atoms with Crippen molar-refractivity contribution in [1.82, 2.24) is 15.2 Å². The molecule has 148 valence electrons. The molecule has 5 nitrogen and oxygen atoms in total. The first-order chi connectivity index (χ1) is 13.6. The summed E-state index contributed by atoms with van der Waals surface area (Å²) in [6.45, 7) is 3.80. The zero-order valence-electron chi connectivity index (χ0n) is 16.3. The Morgan fingerprint density at radius 1 is 1.21 bits per heavy atom. The zero-order valence-corrected chi connectivity index (χ0v) is 17.1. The lowest BCUT2D eigenvalue weighted by Crippen LogP contribution is -2.43. The molecule has 2 aliphatic rings. The summed E-state index contributed by atoms with van der Waals surface area (Å²) in [6.07, 6.45) is 4.68. The molecule has 0 atom stereocenters. The predicted octanol–water partition coefficient (Wildman–Crippen LogP) is 3.26. The van der Waals surface area contributed by atoms with Crippen molar-refractivity contribution in [2.24, 2.45) is 0 Å². The second-order valence-corrected chi connectivity index (χ2v) is 8.81. The van der Waals surface area contributed by atoms with Gasteiger partial charge >= 0.3 is 0 Å². The first kappa shape index (κ1) is 19.1. The maximum absolute atomic E-state index is 13.2. The van der Waals surface area contributed by atoms with Crippen LogP contribution in [0.5, 0.6) is 0 Å². The Kier molecular flexibility index (Phi) is 5.49. The number of aromatic nitrogens is 1. The van der Waals surface area contributed by atoms with Gasteiger partial charge in [0.05, 0.1) is 16.1 Å². The number of likely N-dealkylation sites (tertiary alicyclic amines) is 1. The van der Waals surface area contributed by atoms with Gasteiger partial charge in [-0.15, -0.1) is 11.3 Å². The molecule has 0 radical (unpaired) electrons. The molecule has 2 aromatic rings. The quantitative estimate of drug-likeness (QED) is 0.814. The highest BCUT2D eigenvalue weighted by atomic mass is 32.1. The van der Waals surface area contributed by atoms with Gasteiger partial charge in [-0.05, 0) is 31.2 Å². The third-order valence-electron chi connectivity index (χ3n) is 5.94. The Labute approximate surface area is 170 Å². The molecule has 2 amide bonds. The highest BCUT2D eigenvalue weighted by Gasteiger charge is 2.53. The normalized spacial score (nSPS) is 18.7. The Bertz CT molecular complexity index is 836. The molecule has 1 aliphatic heterocycles. The lowest BCUT2D eigenvalue weighted by atomic mass is 9.91. The fourth-order valence-electron chi connectivity index (χ4n) is 4.13. The van der Waals surface area contributed by atoms with E-state index in [0.717, 1.165) is 50.9 Å². The number of thiazole rings is 1. The number of carbonyl (C=O) groups excluding carboxylic acids is 2. The van der Waals surface area contributed by atoms with Crippen molar-refractivity contribution in [1.29, 1.82) is 0 Å². The number of rotatable bonds is 6. The van der Waals surface area contributed by atoms with Crippen LogP contribution in [0.2, 0.25) is 0 Å². The van der Waals surface area contributed by atoms with Crippen molar-refractivity contribution in [2.75, 3.05) is 19.6 Å². The van der Waals surface area contributed by atoms with E-state index in [4.69, 9.17) is 4.98 Å². The van der Waals surface area contributed by atoms with E-state index in [-0.39, 0.29) is 11.3 Å². The summed E-state index contributed by atoms with van der Waals surface area (Å²) in [5.74, 6) is 0.749. The van der Waals surface area contributed by atoms with Gasteiger partial charge in [0, 0.05) is 44.3 Å². The Balaban J connectivity index is 1.32. The molecule has 1 saturated heterocycles. The fraction of sp³-hybridized carbons (Fsp3) is 0.500.